The zero-order valence-corrected chi connectivity index (χ0v) is 16.6. The number of fused-ring (bicyclic) bond motifs is 1. The SMILES string of the molecule is COc1ccc2cc(C(=O)[C@H]3CCCN(C(=O)CCc4cn[nH]c4)C3)ccc2c1. The van der Waals surface area contributed by atoms with E-state index in [4.69, 9.17) is 4.74 Å². The number of aryl methyl sites for hydroxylation is 1. The molecule has 1 aliphatic rings. The van der Waals surface area contributed by atoms with Gasteiger partial charge in [0.1, 0.15) is 5.75 Å². The molecule has 1 aromatic heterocycles. The Labute approximate surface area is 169 Å². The second-order valence-corrected chi connectivity index (χ2v) is 7.58. The highest BCUT2D eigenvalue weighted by Crippen LogP contribution is 2.26. The van der Waals surface area contributed by atoms with Gasteiger partial charge in [-0.15, -0.1) is 0 Å². The van der Waals surface area contributed by atoms with Crippen molar-refractivity contribution in [3.8, 4) is 5.75 Å². The number of hydrogen-bond acceptors (Lipinski definition) is 4. The Hall–Kier alpha value is -3.15. The van der Waals surface area contributed by atoms with Gasteiger partial charge in [0.15, 0.2) is 5.78 Å². The maximum atomic E-state index is 13.1. The van der Waals surface area contributed by atoms with Crippen LogP contribution in [0.15, 0.2) is 48.8 Å². The van der Waals surface area contributed by atoms with Crippen molar-refractivity contribution in [2.75, 3.05) is 20.2 Å². The number of nitrogens with zero attached hydrogens (tertiary/aromatic N) is 2. The third-order valence-corrected chi connectivity index (χ3v) is 5.66. The summed E-state index contributed by atoms with van der Waals surface area (Å²) in [5, 5.41) is 8.73. The van der Waals surface area contributed by atoms with Gasteiger partial charge < -0.3 is 9.64 Å². The topological polar surface area (TPSA) is 75.3 Å². The Morgan fingerprint density at radius 2 is 2.03 bits per heavy atom. The van der Waals surface area contributed by atoms with Crippen LogP contribution in [0.2, 0.25) is 0 Å². The third kappa shape index (κ3) is 4.31. The maximum absolute atomic E-state index is 13.1. The van der Waals surface area contributed by atoms with Gasteiger partial charge in [-0.2, -0.15) is 5.10 Å². The zero-order chi connectivity index (χ0) is 20.2. The lowest BCUT2D eigenvalue weighted by Crippen LogP contribution is -2.42. The first kappa shape index (κ1) is 19.2. The molecule has 2 heterocycles. The molecule has 1 saturated heterocycles. The summed E-state index contributed by atoms with van der Waals surface area (Å²) in [4.78, 5) is 27.6. The average Bonchev–Trinajstić information content (AvgIpc) is 3.30. The summed E-state index contributed by atoms with van der Waals surface area (Å²) < 4.78 is 5.26. The molecule has 1 N–H and O–H groups in total. The lowest BCUT2D eigenvalue weighted by molar-refractivity contribution is -0.132. The Kier molecular flexibility index (Phi) is 5.60. The molecule has 1 atom stereocenters. The van der Waals surface area contributed by atoms with E-state index in [9.17, 15) is 9.59 Å². The van der Waals surface area contributed by atoms with E-state index in [0.717, 1.165) is 41.5 Å². The molecule has 3 aromatic rings. The number of methoxy groups -OCH3 is 1. The van der Waals surface area contributed by atoms with Crippen LogP contribution in [0.4, 0.5) is 0 Å². The fourth-order valence-corrected chi connectivity index (χ4v) is 3.98. The van der Waals surface area contributed by atoms with Crippen LogP contribution in [0.3, 0.4) is 0 Å². The van der Waals surface area contributed by atoms with Gasteiger partial charge >= 0.3 is 0 Å². The van der Waals surface area contributed by atoms with E-state index in [1.165, 1.54) is 0 Å². The quantitative estimate of drug-likeness (QED) is 0.651. The summed E-state index contributed by atoms with van der Waals surface area (Å²) in [7, 11) is 1.64. The lowest BCUT2D eigenvalue weighted by atomic mass is 9.89. The van der Waals surface area contributed by atoms with Crippen LogP contribution >= 0.6 is 0 Å². The fourth-order valence-electron chi connectivity index (χ4n) is 3.98. The predicted octanol–water partition coefficient (Wildman–Crippen LogP) is 3.63. The van der Waals surface area contributed by atoms with Crippen molar-refractivity contribution in [3.05, 3.63) is 59.9 Å². The van der Waals surface area contributed by atoms with Crippen LogP contribution in [0, 0.1) is 5.92 Å². The van der Waals surface area contributed by atoms with E-state index < -0.39 is 0 Å². The van der Waals surface area contributed by atoms with E-state index in [0.29, 0.717) is 24.9 Å². The third-order valence-electron chi connectivity index (χ3n) is 5.66. The molecular formula is C23H25N3O3. The standard InChI is InChI=1S/C23H25N3O3/c1-29-21-8-7-17-11-19(6-5-18(17)12-21)23(28)20-3-2-10-26(15-20)22(27)9-4-16-13-24-25-14-16/h5-8,11-14,20H,2-4,9-10,15H2,1H3,(H,24,25)/t20-/m0/s1. The first-order valence-electron chi connectivity index (χ1n) is 10.0. The van der Waals surface area contributed by atoms with Gasteiger partial charge in [0, 0.05) is 37.2 Å². The van der Waals surface area contributed by atoms with E-state index >= 15 is 0 Å². The summed E-state index contributed by atoms with van der Waals surface area (Å²) in [6.45, 7) is 1.23. The van der Waals surface area contributed by atoms with Gasteiger partial charge in [0.25, 0.3) is 0 Å². The van der Waals surface area contributed by atoms with Crippen LogP contribution in [0.25, 0.3) is 10.8 Å². The van der Waals surface area contributed by atoms with Crippen LogP contribution in [-0.4, -0.2) is 47.0 Å². The Morgan fingerprint density at radius 3 is 2.83 bits per heavy atom. The van der Waals surface area contributed by atoms with E-state index in [1.54, 1.807) is 13.3 Å². The number of ketones is 1. The molecular weight excluding hydrogens is 366 g/mol. The number of amides is 1. The minimum absolute atomic E-state index is 0.106. The average molecular weight is 391 g/mol. The number of aromatic nitrogens is 2. The number of hydrogen-bond donors (Lipinski definition) is 1. The number of piperidine rings is 1. The highest BCUT2D eigenvalue weighted by atomic mass is 16.5. The fraction of sp³-hybridized carbons (Fsp3) is 0.348. The summed E-state index contributed by atoms with van der Waals surface area (Å²) in [6, 6.07) is 11.6. The van der Waals surface area contributed by atoms with Crippen LogP contribution in [-0.2, 0) is 11.2 Å². The Balaban J connectivity index is 1.42. The zero-order valence-electron chi connectivity index (χ0n) is 16.6. The number of nitrogens with one attached hydrogen (secondary N) is 1. The normalized spacial score (nSPS) is 16.7. The first-order chi connectivity index (χ1) is 14.1. The van der Waals surface area contributed by atoms with Crippen molar-refractivity contribution in [1.29, 1.82) is 0 Å². The van der Waals surface area contributed by atoms with E-state index in [1.807, 2.05) is 47.5 Å². The molecule has 2 aromatic carbocycles. The number of likely N-dealkylation sites (tertiary alicyclic amines) is 1. The summed E-state index contributed by atoms with van der Waals surface area (Å²) >= 11 is 0. The van der Waals surface area contributed by atoms with Crippen molar-refractivity contribution in [2.45, 2.75) is 25.7 Å². The second-order valence-electron chi connectivity index (χ2n) is 7.58. The van der Waals surface area contributed by atoms with Gasteiger partial charge in [-0.1, -0.05) is 18.2 Å². The van der Waals surface area contributed by atoms with Gasteiger partial charge in [-0.3, -0.25) is 14.7 Å². The monoisotopic (exact) mass is 391 g/mol. The van der Waals surface area contributed by atoms with Crippen LogP contribution in [0.1, 0.15) is 35.2 Å². The molecule has 0 aliphatic carbocycles. The predicted molar refractivity (Wildman–Crippen MR) is 111 cm³/mol. The molecule has 0 saturated carbocycles. The molecule has 1 aliphatic heterocycles. The Bertz CT molecular complexity index is 1010. The van der Waals surface area contributed by atoms with Crippen molar-refractivity contribution in [3.63, 3.8) is 0 Å². The van der Waals surface area contributed by atoms with Gasteiger partial charge in [0.05, 0.1) is 13.3 Å². The van der Waals surface area contributed by atoms with Crippen molar-refractivity contribution in [1.82, 2.24) is 15.1 Å². The molecule has 0 unspecified atom stereocenters. The highest BCUT2D eigenvalue weighted by Gasteiger charge is 2.29. The van der Waals surface area contributed by atoms with Crippen molar-refractivity contribution in [2.24, 2.45) is 5.92 Å². The van der Waals surface area contributed by atoms with E-state index in [-0.39, 0.29) is 17.6 Å². The van der Waals surface area contributed by atoms with E-state index in [2.05, 4.69) is 10.2 Å². The summed E-state index contributed by atoms with van der Waals surface area (Å²) in [5.41, 5.74) is 1.73. The van der Waals surface area contributed by atoms with Crippen molar-refractivity contribution < 1.29 is 14.3 Å². The Morgan fingerprint density at radius 1 is 1.21 bits per heavy atom. The first-order valence-corrected chi connectivity index (χ1v) is 10.0. The number of benzene rings is 2. The van der Waals surface area contributed by atoms with Crippen molar-refractivity contribution >= 4 is 22.5 Å². The number of rotatable bonds is 6. The molecule has 1 fully saturated rings. The van der Waals surface area contributed by atoms with Crippen LogP contribution in [0.5, 0.6) is 5.75 Å². The largest absolute Gasteiger partial charge is 0.497 e. The molecule has 6 nitrogen and oxygen atoms in total. The minimum Gasteiger partial charge on any atom is -0.497 e. The molecule has 29 heavy (non-hydrogen) atoms. The molecule has 4 rings (SSSR count). The second kappa shape index (κ2) is 8.47. The summed E-state index contributed by atoms with van der Waals surface area (Å²) in [6.07, 6.45) is 6.34. The number of ether oxygens (including phenoxy) is 1. The lowest BCUT2D eigenvalue weighted by Gasteiger charge is -2.32. The van der Waals surface area contributed by atoms with Crippen LogP contribution < -0.4 is 4.74 Å². The molecule has 0 radical (unpaired) electrons. The minimum atomic E-state index is -0.141. The highest BCUT2D eigenvalue weighted by molar-refractivity contribution is 6.01. The number of H-pyrrole nitrogens is 1. The molecule has 150 valence electrons. The number of carbonyl (C=O) groups is 2. The van der Waals surface area contributed by atoms with Gasteiger partial charge in [-0.05, 0) is 53.8 Å². The molecule has 6 heteroatoms. The summed E-state index contributed by atoms with van der Waals surface area (Å²) in [5.74, 6) is 0.884. The maximum Gasteiger partial charge on any atom is 0.222 e. The van der Waals surface area contributed by atoms with Gasteiger partial charge in [-0.25, -0.2) is 0 Å². The molecule has 0 spiro atoms. The molecule has 1 amide bonds. The molecule has 0 bridgehead atoms. The number of Topliss-reactive ketones (excluding diaryl/α,β-unsaturated/α-hetero) is 1. The van der Waals surface area contributed by atoms with Gasteiger partial charge in [0.2, 0.25) is 5.91 Å². The number of carbonyl (C=O) groups excluding carboxylic acids is 2. The smallest absolute Gasteiger partial charge is 0.222 e. The number of aromatic amines is 1.